The van der Waals surface area contributed by atoms with Crippen molar-refractivity contribution in [2.75, 3.05) is 19.8 Å². The number of ether oxygens (including phenoxy) is 4. The highest BCUT2D eigenvalue weighted by atomic mass is 16.7. The molecule has 14 nitrogen and oxygen atoms in total. The number of rotatable bonds is 41. The summed E-state index contributed by atoms with van der Waals surface area (Å²) < 4.78 is 22.7. The van der Waals surface area contributed by atoms with Crippen molar-refractivity contribution in [3.63, 3.8) is 0 Å². The molecule has 9 N–H and O–H groups in total. The highest BCUT2D eigenvalue weighted by Gasteiger charge is 2.51. The molecule has 2 aliphatic heterocycles. The maximum Gasteiger partial charge on any atom is 0.220 e. The van der Waals surface area contributed by atoms with Gasteiger partial charge in [-0.2, -0.15) is 0 Å². The first kappa shape index (κ1) is 59.9. The number of carbonyl (C=O) groups excluding carboxylic acids is 1. The van der Waals surface area contributed by atoms with Crippen LogP contribution in [0.2, 0.25) is 0 Å². The van der Waals surface area contributed by atoms with Crippen LogP contribution < -0.4 is 5.32 Å². The minimum absolute atomic E-state index is 0.216. The minimum atomic E-state index is -1.78. The fourth-order valence-electron chi connectivity index (χ4n) is 8.87. The quantitative estimate of drug-likeness (QED) is 0.0219. The number of carbonyl (C=O) groups is 1. The summed E-state index contributed by atoms with van der Waals surface area (Å²) in [6.45, 7) is 2.81. The highest BCUT2D eigenvalue weighted by Crippen LogP contribution is 2.30. The molecule has 0 bridgehead atoms. The van der Waals surface area contributed by atoms with Gasteiger partial charge in [-0.15, -0.1) is 0 Å². The number of hydrogen-bond acceptors (Lipinski definition) is 13. The number of aliphatic hydroxyl groups excluding tert-OH is 8. The largest absolute Gasteiger partial charge is 0.394 e. The summed E-state index contributed by atoms with van der Waals surface area (Å²) in [6.07, 6.45) is 23.6. The Morgan fingerprint density at radius 3 is 1.51 bits per heavy atom. The first-order chi connectivity index (χ1) is 31.6. The predicted octanol–water partition coefficient (Wildman–Crippen LogP) is 7.16. The molecular formula is C51H97NO13. The van der Waals surface area contributed by atoms with Crippen molar-refractivity contribution in [1.82, 2.24) is 5.32 Å². The molecule has 0 spiro atoms. The van der Waals surface area contributed by atoms with Crippen LogP contribution in [0.25, 0.3) is 0 Å². The molecule has 0 aromatic carbocycles. The van der Waals surface area contributed by atoms with Crippen molar-refractivity contribution in [3.8, 4) is 0 Å². The van der Waals surface area contributed by atoms with Gasteiger partial charge in [0.15, 0.2) is 12.6 Å². The zero-order valence-electron chi connectivity index (χ0n) is 40.7. The molecule has 384 valence electrons. The number of unbranched alkanes of at least 4 members (excludes halogenated alkanes) is 26. The molecule has 14 heteroatoms. The second kappa shape index (κ2) is 38.6. The fourth-order valence-corrected chi connectivity index (χ4v) is 8.87. The first-order valence-electron chi connectivity index (χ1n) is 26.4. The molecule has 12 atom stereocenters. The number of nitrogens with one attached hydrogen (secondary N) is 1. The highest BCUT2D eigenvalue weighted by molar-refractivity contribution is 5.76. The second-order valence-corrected chi connectivity index (χ2v) is 19.0. The Balaban J connectivity index is 1.79. The van der Waals surface area contributed by atoms with E-state index in [1.54, 1.807) is 0 Å². The van der Waals surface area contributed by atoms with Crippen LogP contribution in [0.5, 0.6) is 0 Å². The summed E-state index contributed by atoms with van der Waals surface area (Å²) in [5.41, 5.74) is 0. The third kappa shape index (κ3) is 25.8. The monoisotopic (exact) mass is 932 g/mol. The third-order valence-electron chi connectivity index (χ3n) is 13.2. The van der Waals surface area contributed by atoms with E-state index in [4.69, 9.17) is 18.9 Å². The second-order valence-electron chi connectivity index (χ2n) is 19.0. The van der Waals surface area contributed by atoms with Crippen molar-refractivity contribution < 1.29 is 64.6 Å². The van der Waals surface area contributed by atoms with Gasteiger partial charge in [-0.25, -0.2) is 0 Å². The Bertz CT molecular complexity index is 1150. The molecule has 2 aliphatic rings. The third-order valence-corrected chi connectivity index (χ3v) is 13.2. The van der Waals surface area contributed by atoms with Crippen molar-refractivity contribution in [1.29, 1.82) is 0 Å². The lowest BCUT2D eigenvalue weighted by atomic mass is 9.97. The molecule has 65 heavy (non-hydrogen) atoms. The van der Waals surface area contributed by atoms with Crippen molar-refractivity contribution in [2.45, 2.75) is 286 Å². The van der Waals surface area contributed by atoms with Crippen molar-refractivity contribution in [2.24, 2.45) is 0 Å². The molecule has 0 aromatic rings. The topological polar surface area (TPSA) is 228 Å². The molecule has 2 saturated heterocycles. The van der Waals surface area contributed by atoms with E-state index in [0.29, 0.717) is 19.3 Å². The average Bonchev–Trinajstić information content (AvgIpc) is 3.30. The van der Waals surface area contributed by atoms with E-state index in [1.807, 2.05) is 0 Å². The smallest absolute Gasteiger partial charge is 0.220 e. The lowest BCUT2D eigenvalue weighted by molar-refractivity contribution is -0.359. The van der Waals surface area contributed by atoms with E-state index in [9.17, 15) is 45.6 Å². The molecule has 2 fully saturated rings. The summed E-state index contributed by atoms with van der Waals surface area (Å²) in [5, 5.41) is 86.9. The molecule has 0 aromatic heterocycles. The van der Waals surface area contributed by atoms with Crippen LogP contribution >= 0.6 is 0 Å². The van der Waals surface area contributed by atoms with Crippen LogP contribution in [0.1, 0.15) is 213 Å². The Morgan fingerprint density at radius 1 is 0.538 bits per heavy atom. The van der Waals surface area contributed by atoms with E-state index in [1.165, 1.54) is 116 Å². The Morgan fingerprint density at radius 2 is 0.985 bits per heavy atom. The summed E-state index contributed by atoms with van der Waals surface area (Å²) in [7, 11) is 0. The van der Waals surface area contributed by atoms with Crippen LogP contribution in [0.4, 0.5) is 0 Å². The fraction of sp³-hybridized carbons (Fsp3) is 0.941. The summed E-state index contributed by atoms with van der Waals surface area (Å²) >= 11 is 0. The summed E-state index contributed by atoms with van der Waals surface area (Å²) in [4.78, 5) is 13.2. The normalized spacial score (nSPS) is 27.0. The van der Waals surface area contributed by atoms with Gasteiger partial charge in [0.2, 0.25) is 5.91 Å². The van der Waals surface area contributed by atoms with E-state index < -0.39 is 86.8 Å². The van der Waals surface area contributed by atoms with Crippen LogP contribution in [-0.4, -0.2) is 140 Å². The van der Waals surface area contributed by atoms with Gasteiger partial charge in [0.1, 0.15) is 48.8 Å². The van der Waals surface area contributed by atoms with Crippen LogP contribution in [0.3, 0.4) is 0 Å². The average molecular weight is 932 g/mol. The Labute approximate surface area is 393 Å². The SMILES string of the molecule is CCCC/C=C\CCCCCCCC(=O)NC(COC1OC(CO)C(OC2OC(CO)C(O)C(O)C2O)C(O)C1O)C(O)CCCCCCCCCCCCCCCCCCCCCC. The molecular weight excluding hydrogens is 835 g/mol. The van der Waals surface area contributed by atoms with Crippen LogP contribution in [0, 0.1) is 0 Å². The van der Waals surface area contributed by atoms with Crippen molar-refractivity contribution >= 4 is 5.91 Å². The van der Waals surface area contributed by atoms with E-state index in [0.717, 1.165) is 64.2 Å². The zero-order valence-corrected chi connectivity index (χ0v) is 40.7. The predicted molar refractivity (Wildman–Crippen MR) is 254 cm³/mol. The van der Waals surface area contributed by atoms with Gasteiger partial charge >= 0.3 is 0 Å². The molecule has 0 radical (unpaired) electrons. The standard InChI is InChI=1S/C51H97NO13/c1-3-5-7-9-11-13-15-16-17-18-19-20-21-22-23-25-26-28-30-32-34-40(55)39(52-43(56)35-33-31-29-27-24-14-12-10-8-6-4-2)38-62-50-48(61)46(59)49(42(37-54)64-50)65-51-47(60)45(58)44(57)41(36-53)63-51/h10,12,39-42,44-51,53-55,57-61H,3-9,11,13-38H2,1-2H3,(H,52,56)/b12-10-. The lowest BCUT2D eigenvalue weighted by Crippen LogP contribution is -2.65. The van der Waals surface area contributed by atoms with Gasteiger partial charge < -0.3 is 65.1 Å². The molecule has 0 aliphatic carbocycles. The number of hydrogen-bond donors (Lipinski definition) is 9. The number of aliphatic hydroxyl groups is 8. The zero-order chi connectivity index (χ0) is 47.5. The maximum atomic E-state index is 13.2. The maximum absolute atomic E-state index is 13.2. The van der Waals surface area contributed by atoms with E-state index >= 15 is 0 Å². The lowest BCUT2D eigenvalue weighted by Gasteiger charge is -2.46. The van der Waals surface area contributed by atoms with Crippen LogP contribution in [-0.2, 0) is 23.7 Å². The Hall–Kier alpha value is -1.27. The van der Waals surface area contributed by atoms with Gasteiger partial charge in [0.25, 0.3) is 0 Å². The first-order valence-corrected chi connectivity index (χ1v) is 26.4. The number of amides is 1. The molecule has 0 saturated carbocycles. The Kier molecular flexibility index (Phi) is 35.5. The summed E-state index contributed by atoms with van der Waals surface area (Å²) in [5.74, 6) is -0.216. The van der Waals surface area contributed by atoms with Crippen LogP contribution in [0.15, 0.2) is 12.2 Å². The minimum Gasteiger partial charge on any atom is -0.394 e. The van der Waals surface area contributed by atoms with Gasteiger partial charge in [-0.3, -0.25) is 4.79 Å². The van der Waals surface area contributed by atoms with Gasteiger partial charge in [0, 0.05) is 6.42 Å². The van der Waals surface area contributed by atoms with E-state index in [2.05, 4.69) is 31.3 Å². The molecule has 1 amide bonds. The molecule has 2 rings (SSSR count). The van der Waals surface area contributed by atoms with Gasteiger partial charge in [-0.05, 0) is 32.1 Å². The molecule has 12 unspecified atom stereocenters. The van der Waals surface area contributed by atoms with E-state index in [-0.39, 0.29) is 12.5 Å². The van der Waals surface area contributed by atoms with Gasteiger partial charge in [-0.1, -0.05) is 187 Å². The summed E-state index contributed by atoms with van der Waals surface area (Å²) in [6, 6.07) is -0.828. The van der Waals surface area contributed by atoms with Crippen molar-refractivity contribution in [3.05, 3.63) is 12.2 Å². The molecule has 2 heterocycles. The van der Waals surface area contributed by atoms with Gasteiger partial charge in [0.05, 0.1) is 32.0 Å². The number of allylic oxidation sites excluding steroid dienone is 2.